The lowest BCUT2D eigenvalue weighted by Gasteiger charge is -2.11. The maximum absolute atomic E-state index is 11.8. The zero-order valence-electron chi connectivity index (χ0n) is 14.5. The first kappa shape index (κ1) is 19.9. The first-order chi connectivity index (χ1) is 12.4. The fourth-order valence-electron chi connectivity index (χ4n) is 2.18. The predicted molar refractivity (Wildman–Crippen MR) is 96.5 cm³/mol. The standard InChI is InChI=1S/C18H22N2O5S/c1-26(23,24)15-9-7-14(8-10-15)25-12-4-6-18(22)20-13-17(21)16-5-2-3-11-19-16/h2-3,5,7-11,17,21H,4,6,12-13H2,1H3,(H,20,22)/t17-/m0/s1. The van der Waals surface area contributed by atoms with E-state index < -0.39 is 15.9 Å². The third-order valence-corrected chi connectivity index (χ3v) is 4.72. The Hall–Kier alpha value is -2.45. The largest absolute Gasteiger partial charge is 0.494 e. The average Bonchev–Trinajstić information content (AvgIpc) is 2.63. The summed E-state index contributed by atoms with van der Waals surface area (Å²) in [5.41, 5.74) is 0.508. The third kappa shape index (κ3) is 6.45. The van der Waals surface area contributed by atoms with E-state index in [1.54, 1.807) is 36.5 Å². The van der Waals surface area contributed by atoms with Gasteiger partial charge in [0.05, 0.1) is 17.2 Å². The van der Waals surface area contributed by atoms with Crippen molar-refractivity contribution in [2.45, 2.75) is 23.8 Å². The average molecular weight is 378 g/mol. The van der Waals surface area contributed by atoms with Gasteiger partial charge in [-0.05, 0) is 42.8 Å². The van der Waals surface area contributed by atoms with Gasteiger partial charge in [-0.25, -0.2) is 8.42 Å². The van der Waals surface area contributed by atoms with E-state index in [4.69, 9.17) is 4.74 Å². The van der Waals surface area contributed by atoms with Gasteiger partial charge in [-0.2, -0.15) is 0 Å². The van der Waals surface area contributed by atoms with Crippen LogP contribution in [0.4, 0.5) is 0 Å². The number of sulfone groups is 1. The maximum Gasteiger partial charge on any atom is 0.220 e. The summed E-state index contributed by atoms with van der Waals surface area (Å²) in [5, 5.41) is 12.6. The maximum atomic E-state index is 11.8. The highest BCUT2D eigenvalue weighted by Gasteiger charge is 2.10. The predicted octanol–water partition coefficient (Wildman–Crippen LogP) is 1.49. The van der Waals surface area contributed by atoms with Crippen LogP contribution >= 0.6 is 0 Å². The number of aromatic nitrogens is 1. The molecule has 140 valence electrons. The van der Waals surface area contributed by atoms with E-state index in [2.05, 4.69) is 10.3 Å². The molecule has 2 aromatic rings. The van der Waals surface area contributed by atoms with Crippen LogP contribution in [0.2, 0.25) is 0 Å². The molecule has 2 rings (SSSR count). The fraction of sp³-hybridized carbons (Fsp3) is 0.333. The van der Waals surface area contributed by atoms with E-state index in [-0.39, 0.29) is 23.8 Å². The van der Waals surface area contributed by atoms with Crippen LogP contribution in [0.15, 0.2) is 53.6 Å². The van der Waals surface area contributed by atoms with Crippen LogP contribution in [0.5, 0.6) is 5.75 Å². The van der Waals surface area contributed by atoms with Crippen LogP contribution in [0, 0.1) is 0 Å². The molecule has 2 N–H and O–H groups in total. The lowest BCUT2D eigenvalue weighted by molar-refractivity contribution is -0.121. The topological polar surface area (TPSA) is 106 Å². The van der Waals surface area contributed by atoms with Crippen molar-refractivity contribution in [3.05, 3.63) is 54.4 Å². The van der Waals surface area contributed by atoms with Gasteiger partial charge >= 0.3 is 0 Å². The van der Waals surface area contributed by atoms with Crippen LogP contribution in [0.1, 0.15) is 24.6 Å². The number of amides is 1. The molecule has 0 bridgehead atoms. The van der Waals surface area contributed by atoms with Crippen molar-refractivity contribution < 1.29 is 23.1 Å². The summed E-state index contributed by atoms with van der Waals surface area (Å²) in [6.45, 7) is 0.429. The summed E-state index contributed by atoms with van der Waals surface area (Å²) in [6, 6.07) is 11.3. The summed E-state index contributed by atoms with van der Waals surface area (Å²) in [6.07, 6.45) is 2.65. The van der Waals surface area contributed by atoms with Crippen molar-refractivity contribution in [2.24, 2.45) is 0 Å². The lowest BCUT2D eigenvalue weighted by atomic mass is 10.2. The number of rotatable bonds is 9. The molecule has 26 heavy (non-hydrogen) atoms. The molecular weight excluding hydrogens is 356 g/mol. The molecule has 1 atom stereocenters. The molecule has 0 saturated heterocycles. The van der Waals surface area contributed by atoms with Gasteiger partial charge in [0.1, 0.15) is 11.9 Å². The van der Waals surface area contributed by atoms with Gasteiger partial charge in [-0.15, -0.1) is 0 Å². The van der Waals surface area contributed by atoms with Gasteiger partial charge in [0, 0.05) is 25.4 Å². The number of pyridine rings is 1. The molecule has 7 nitrogen and oxygen atoms in total. The zero-order chi connectivity index (χ0) is 19.0. The van der Waals surface area contributed by atoms with Crippen molar-refractivity contribution >= 4 is 15.7 Å². The Morgan fingerprint density at radius 1 is 1.23 bits per heavy atom. The second kappa shape index (κ2) is 9.30. The summed E-state index contributed by atoms with van der Waals surface area (Å²) < 4.78 is 28.2. The molecule has 0 unspecified atom stereocenters. The molecule has 0 saturated carbocycles. The molecular formula is C18H22N2O5S. The van der Waals surface area contributed by atoms with Crippen molar-refractivity contribution in [1.29, 1.82) is 0 Å². The van der Waals surface area contributed by atoms with E-state index in [0.29, 0.717) is 24.5 Å². The van der Waals surface area contributed by atoms with Gasteiger partial charge in [0.2, 0.25) is 5.91 Å². The molecule has 0 spiro atoms. The highest BCUT2D eigenvalue weighted by molar-refractivity contribution is 7.90. The number of hydrogen-bond donors (Lipinski definition) is 2. The molecule has 0 aliphatic heterocycles. The normalized spacial score (nSPS) is 12.4. The molecule has 0 aliphatic rings. The zero-order valence-corrected chi connectivity index (χ0v) is 15.3. The van der Waals surface area contributed by atoms with Crippen LogP contribution in [0.3, 0.4) is 0 Å². The van der Waals surface area contributed by atoms with Gasteiger partial charge in [0.15, 0.2) is 9.84 Å². The number of benzene rings is 1. The van der Waals surface area contributed by atoms with Crippen LogP contribution < -0.4 is 10.1 Å². The minimum atomic E-state index is -3.22. The molecule has 1 aromatic carbocycles. The highest BCUT2D eigenvalue weighted by atomic mass is 32.2. The Balaban J connectivity index is 1.65. The van der Waals surface area contributed by atoms with E-state index in [9.17, 15) is 18.3 Å². The summed E-state index contributed by atoms with van der Waals surface area (Å²) in [4.78, 5) is 16.0. The van der Waals surface area contributed by atoms with Gasteiger partial charge in [-0.3, -0.25) is 9.78 Å². The van der Waals surface area contributed by atoms with Gasteiger partial charge in [0.25, 0.3) is 0 Å². The number of hydrogen-bond acceptors (Lipinski definition) is 6. The van der Waals surface area contributed by atoms with Crippen LogP contribution in [-0.4, -0.2) is 43.8 Å². The monoisotopic (exact) mass is 378 g/mol. The highest BCUT2D eigenvalue weighted by Crippen LogP contribution is 2.16. The second-order valence-electron chi connectivity index (χ2n) is 5.77. The van der Waals surface area contributed by atoms with Crippen LogP contribution in [-0.2, 0) is 14.6 Å². The Bertz CT molecular complexity index is 807. The Labute approximate surface area is 153 Å². The molecule has 1 aromatic heterocycles. The summed E-state index contributed by atoms with van der Waals surface area (Å²) in [5.74, 6) is 0.361. The number of nitrogens with zero attached hydrogens (tertiary/aromatic N) is 1. The van der Waals surface area contributed by atoms with Crippen molar-refractivity contribution in [3.63, 3.8) is 0 Å². The van der Waals surface area contributed by atoms with E-state index in [1.165, 1.54) is 12.1 Å². The minimum Gasteiger partial charge on any atom is -0.494 e. The smallest absolute Gasteiger partial charge is 0.220 e. The quantitative estimate of drug-likeness (QED) is 0.641. The van der Waals surface area contributed by atoms with E-state index in [0.717, 1.165) is 6.26 Å². The van der Waals surface area contributed by atoms with Gasteiger partial charge < -0.3 is 15.2 Å². The van der Waals surface area contributed by atoms with Gasteiger partial charge in [-0.1, -0.05) is 6.07 Å². The van der Waals surface area contributed by atoms with E-state index in [1.807, 2.05) is 0 Å². The molecule has 0 fully saturated rings. The summed E-state index contributed by atoms with van der Waals surface area (Å²) >= 11 is 0. The fourth-order valence-corrected chi connectivity index (χ4v) is 2.81. The van der Waals surface area contributed by atoms with Crippen molar-refractivity contribution in [2.75, 3.05) is 19.4 Å². The Morgan fingerprint density at radius 3 is 2.58 bits per heavy atom. The number of carbonyl (C=O) groups excluding carboxylic acids is 1. The lowest BCUT2D eigenvalue weighted by Crippen LogP contribution is -2.28. The molecule has 1 heterocycles. The summed E-state index contributed by atoms with van der Waals surface area (Å²) in [7, 11) is -3.22. The first-order valence-electron chi connectivity index (χ1n) is 8.15. The van der Waals surface area contributed by atoms with E-state index >= 15 is 0 Å². The second-order valence-corrected chi connectivity index (χ2v) is 7.79. The number of carbonyl (C=O) groups is 1. The van der Waals surface area contributed by atoms with Crippen molar-refractivity contribution in [3.8, 4) is 5.75 Å². The first-order valence-corrected chi connectivity index (χ1v) is 10.0. The minimum absolute atomic E-state index is 0.101. The van der Waals surface area contributed by atoms with Crippen LogP contribution in [0.25, 0.3) is 0 Å². The molecule has 8 heteroatoms. The SMILES string of the molecule is CS(=O)(=O)c1ccc(OCCCC(=O)NC[C@H](O)c2ccccn2)cc1. The van der Waals surface area contributed by atoms with Crippen molar-refractivity contribution in [1.82, 2.24) is 10.3 Å². The molecule has 1 amide bonds. The Kier molecular flexibility index (Phi) is 7.11. The number of aliphatic hydroxyl groups is 1. The Morgan fingerprint density at radius 2 is 1.96 bits per heavy atom. The third-order valence-electron chi connectivity index (χ3n) is 3.59. The molecule has 0 aliphatic carbocycles. The number of nitrogens with one attached hydrogen (secondary N) is 1. The molecule has 0 radical (unpaired) electrons. The number of aliphatic hydroxyl groups excluding tert-OH is 1. The number of ether oxygens (including phenoxy) is 1.